The molecule has 3 N–H and O–H groups in total. The number of nitrogens with one attached hydrogen (secondary N) is 1. The van der Waals surface area contributed by atoms with Crippen LogP contribution in [0.5, 0.6) is 5.75 Å². The highest BCUT2D eigenvalue weighted by molar-refractivity contribution is 5.73. The van der Waals surface area contributed by atoms with Crippen molar-refractivity contribution >= 4 is 5.97 Å². The standard InChI is InChI=1S/C17H18N2O7/c1-9-8-19(17(24)18-15(9)23)16-14(22)13(21)11(26-16)7-12(20)25-10-5-3-2-4-6-10/h2-6,8,11,13-14,16,21-22H,7H2,1H3,(H,18,23,24). The first-order chi connectivity index (χ1) is 12.4. The van der Waals surface area contributed by atoms with E-state index in [0.29, 0.717) is 5.75 Å². The second kappa shape index (κ2) is 7.24. The van der Waals surface area contributed by atoms with Crippen LogP contribution in [-0.4, -0.2) is 44.0 Å². The van der Waals surface area contributed by atoms with E-state index >= 15 is 0 Å². The topological polar surface area (TPSA) is 131 Å². The van der Waals surface area contributed by atoms with Crippen molar-refractivity contribution in [3.05, 3.63) is 62.9 Å². The summed E-state index contributed by atoms with van der Waals surface area (Å²) in [5.41, 5.74) is -1.10. The molecule has 4 atom stereocenters. The maximum atomic E-state index is 12.0. The number of ether oxygens (including phenoxy) is 2. The number of nitrogens with zero attached hydrogens (tertiary/aromatic N) is 1. The van der Waals surface area contributed by atoms with Gasteiger partial charge in [0.2, 0.25) is 0 Å². The zero-order valence-corrected chi connectivity index (χ0v) is 13.9. The van der Waals surface area contributed by atoms with Crippen molar-refractivity contribution in [2.24, 2.45) is 0 Å². The lowest BCUT2D eigenvalue weighted by atomic mass is 10.1. The molecule has 4 unspecified atom stereocenters. The third kappa shape index (κ3) is 3.59. The second-order valence-corrected chi connectivity index (χ2v) is 6.02. The number of carbonyl (C=O) groups is 1. The maximum Gasteiger partial charge on any atom is 0.330 e. The number of aromatic nitrogens is 2. The Morgan fingerprint density at radius 2 is 1.92 bits per heavy atom. The molecule has 1 aromatic heterocycles. The number of esters is 1. The van der Waals surface area contributed by atoms with Crippen molar-refractivity contribution in [1.29, 1.82) is 0 Å². The highest BCUT2D eigenvalue weighted by Crippen LogP contribution is 2.30. The van der Waals surface area contributed by atoms with Gasteiger partial charge in [0.15, 0.2) is 6.23 Å². The summed E-state index contributed by atoms with van der Waals surface area (Å²) in [6, 6.07) is 8.38. The highest BCUT2D eigenvalue weighted by Gasteiger charge is 2.45. The number of H-pyrrole nitrogens is 1. The molecule has 1 saturated heterocycles. The minimum Gasteiger partial charge on any atom is -0.426 e. The fourth-order valence-electron chi connectivity index (χ4n) is 2.73. The first kappa shape index (κ1) is 18.1. The van der Waals surface area contributed by atoms with Crippen LogP contribution in [0.4, 0.5) is 0 Å². The van der Waals surface area contributed by atoms with E-state index in [1.165, 1.54) is 13.1 Å². The molecule has 2 heterocycles. The predicted molar refractivity (Wildman–Crippen MR) is 88.7 cm³/mol. The van der Waals surface area contributed by atoms with Crippen LogP contribution in [0.15, 0.2) is 46.1 Å². The molecule has 0 bridgehead atoms. The molecule has 0 saturated carbocycles. The van der Waals surface area contributed by atoms with Gasteiger partial charge in [-0.15, -0.1) is 0 Å². The fourth-order valence-corrected chi connectivity index (χ4v) is 2.73. The van der Waals surface area contributed by atoms with Crippen LogP contribution in [0.1, 0.15) is 18.2 Å². The van der Waals surface area contributed by atoms with Crippen LogP contribution in [0, 0.1) is 6.92 Å². The van der Waals surface area contributed by atoms with Gasteiger partial charge in [-0.2, -0.15) is 0 Å². The van der Waals surface area contributed by atoms with E-state index in [2.05, 4.69) is 4.98 Å². The summed E-state index contributed by atoms with van der Waals surface area (Å²) >= 11 is 0. The molecule has 1 aliphatic heterocycles. The number of carbonyl (C=O) groups excluding carboxylic acids is 1. The monoisotopic (exact) mass is 362 g/mol. The number of aliphatic hydroxyl groups is 2. The van der Waals surface area contributed by atoms with Gasteiger partial charge >= 0.3 is 11.7 Å². The minimum atomic E-state index is -1.45. The van der Waals surface area contributed by atoms with E-state index in [1.807, 2.05) is 0 Å². The zero-order valence-electron chi connectivity index (χ0n) is 13.9. The molecule has 1 fully saturated rings. The van der Waals surface area contributed by atoms with Gasteiger partial charge in [-0.05, 0) is 19.1 Å². The van der Waals surface area contributed by atoms with Crippen LogP contribution < -0.4 is 16.0 Å². The van der Waals surface area contributed by atoms with Crippen molar-refractivity contribution in [3.63, 3.8) is 0 Å². The van der Waals surface area contributed by atoms with Crippen molar-refractivity contribution in [3.8, 4) is 5.75 Å². The van der Waals surface area contributed by atoms with Gasteiger partial charge in [-0.3, -0.25) is 19.1 Å². The Labute approximate surface area is 147 Å². The zero-order chi connectivity index (χ0) is 18.8. The highest BCUT2D eigenvalue weighted by atomic mass is 16.6. The van der Waals surface area contributed by atoms with E-state index in [-0.39, 0.29) is 12.0 Å². The molecule has 2 aromatic rings. The number of aryl methyl sites for hydroxylation is 1. The Balaban J connectivity index is 1.74. The Hall–Kier alpha value is -2.75. The number of hydrogen-bond donors (Lipinski definition) is 3. The first-order valence-corrected chi connectivity index (χ1v) is 7.96. The number of hydrogen-bond acceptors (Lipinski definition) is 7. The average Bonchev–Trinajstić information content (AvgIpc) is 2.87. The van der Waals surface area contributed by atoms with Crippen LogP contribution in [0.2, 0.25) is 0 Å². The molecule has 0 radical (unpaired) electrons. The normalized spacial score (nSPS) is 25.2. The lowest BCUT2D eigenvalue weighted by Crippen LogP contribution is -2.38. The van der Waals surface area contributed by atoms with Crippen molar-refractivity contribution in [1.82, 2.24) is 9.55 Å². The molecular weight excluding hydrogens is 344 g/mol. The first-order valence-electron chi connectivity index (χ1n) is 7.96. The largest absolute Gasteiger partial charge is 0.426 e. The summed E-state index contributed by atoms with van der Waals surface area (Å²) in [6.07, 6.45) is -4.24. The lowest BCUT2D eigenvalue weighted by molar-refractivity contribution is -0.139. The molecule has 9 nitrogen and oxygen atoms in total. The Bertz CT molecular complexity index is 905. The SMILES string of the molecule is Cc1cn(C2OC(CC(=O)Oc3ccccc3)C(O)C2O)c(=O)[nH]c1=O. The molecule has 0 spiro atoms. The van der Waals surface area contributed by atoms with Gasteiger partial charge in [-0.1, -0.05) is 18.2 Å². The van der Waals surface area contributed by atoms with Gasteiger partial charge in [0.25, 0.3) is 5.56 Å². The molecular formula is C17H18N2O7. The second-order valence-electron chi connectivity index (χ2n) is 6.02. The van der Waals surface area contributed by atoms with E-state index < -0.39 is 41.8 Å². The number of para-hydroxylation sites is 1. The van der Waals surface area contributed by atoms with Crippen molar-refractivity contribution < 1.29 is 24.5 Å². The van der Waals surface area contributed by atoms with Gasteiger partial charge in [0.1, 0.15) is 18.0 Å². The third-order valence-electron chi connectivity index (χ3n) is 4.10. The summed E-state index contributed by atoms with van der Waals surface area (Å²) in [5.74, 6) is -0.312. The molecule has 26 heavy (non-hydrogen) atoms. The van der Waals surface area contributed by atoms with Gasteiger partial charge in [-0.25, -0.2) is 4.79 Å². The van der Waals surface area contributed by atoms with E-state index in [0.717, 1.165) is 4.57 Å². The number of aromatic amines is 1. The van der Waals surface area contributed by atoms with E-state index in [4.69, 9.17) is 9.47 Å². The van der Waals surface area contributed by atoms with Gasteiger partial charge in [0.05, 0.1) is 12.5 Å². The molecule has 1 aromatic carbocycles. The lowest BCUT2D eigenvalue weighted by Gasteiger charge is -2.17. The van der Waals surface area contributed by atoms with Crippen molar-refractivity contribution in [2.45, 2.75) is 37.9 Å². The number of rotatable bonds is 4. The minimum absolute atomic E-state index is 0.238. The predicted octanol–water partition coefficient (Wildman–Crippen LogP) is -0.540. The summed E-state index contributed by atoms with van der Waals surface area (Å²) in [7, 11) is 0. The van der Waals surface area contributed by atoms with Crippen molar-refractivity contribution in [2.75, 3.05) is 0 Å². The molecule has 0 aliphatic carbocycles. The van der Waals surface area contributed by atoms with E-state index in [9.17, 15) is 24.6 Å². The van der Waals surface area contributed by atoms with E-state index in [1.54, 1.807) is 30.3 Å². The van der Waals surface area contributed by atoms with Gasteiger partial charge < -0.3 is 19.7 Å². The number of aliphatic hydroxyl groups excluding tert-OH is 2. The Morgan fingerprint density at radius 3 is 2.62 bits per heavy atom. The molecule has 9 heteroatoms. The number of benzene rings is 1. The van der Waals surface area contributed by atoms with Gasteiger partial charge in [0, 0.05) is 11.8 Å². The van der Waals surface area contributed by atoms with Crippen LogP contribution in [0.25, 0.3) is 0 Å². The van der Waals surface area contributed by atoms with Crippen LogP contribution in [-0.2, 0) is 9.53 Å². The fraction of sp³-hybridized carbons (Fsp3) is 0.353. The molecule has 1 aliphatic rings. The smallest absolute Gasteiger partial charge is 0.330 e. The quantitative estimate of drug-likeness (QED) is 0.492. The molecule has 138 valence electrons. The average molecular weight is 362 g/mol. The Morgan fingerprint density at radius 1 is 1.23 bits per heavy atom. The molecule has 0 amide bonds. The van der Waals surface area contributed by atoms with Crippen LogP contribution >= 0.6 is 0 Å². The third-order valence-corrected chi connectivity index (χ3v) is 4.10. The Kier molecular flexibility index (Phi) is 5.03. The maximum absolute atomic E-state index is 12.0. The summed E-state index contributed by atoms with van der Waals surface area (Å²) < 4.78 is 11.6. The summed E-state index contributed by atoms with van der Waals surface area (Å²) in [4.78, 5) is 37.5. The summed E-state index contributed by atoms with van der Waals surface area (Å²) in [6.45, 7) is 1.49. The molecule has 3 rings (SSSR count). The van der Waals surface area contributed by atoms with Crippen LogP contribution in [0.3, 0.4) is 0 Å². The summed E-state index contributed by atoms with van der Waals surface area (Å²) in [5, 5.41) is 20.3.